The second-order valence-corrected chi connectivity index (χ2v) is 4.15. The number of nitrogens with one attached hydrogen (secondary N) is 2. The summed E-state index contributed by atoms with van der Waals surface area (Å²) in [5.74, 6) is 0. The van der Waals surface area contributed by atoms with E-state index in [1.165, 1.54) is 5.69 Å². The van der Waals surface area contributed by atoms with E-state index in [1.807, 2.05) is 6.07 Å². The van der Waals surface area contributed by atoms with E-state index in [-0.39, 0.29) is 0 Å². The number of H-pyrrole nitrogens is 1. The van der Waals surface area contributed by atoms with Crippen molar-refractivity contribution < 1.29 is 0 Å². The van der Waals surface area contributed by atoms with Crippen LogP contribution in [0.5, 0.6) is 0 Å². The number of hydrogen-bond acceptors (Lipinski definition) is 3. The van der Waals surface area contributed by atoms with E-state index in [1.54, 1.807) is 6.20 Å². The number of aromatic amines is 1. The zero-order valence-electron chi connectivity index (χ0n) is 11.0. The van der Waals surface area contributed by atoms with E-state index in [0.29, 0.717) is 0 Å². The van der Waals surface area contributed by atoms with Crippen molar-refractivity contribution in [1.82, 2.24) is 10.2 Å². The molecule has 96 valence electrons. The Morgan fingerprint density at radius 3 is 2.39 bits per heavy atom. The predicted molar refractivity (Wildman–Crippen MR) is 75.9 cm³/mol. The van der Waals surface area contributed by atoms with Crippen LogP contribution in [0.15, 0.2) is 36.5 Å². The average molecular weight is 244 g/mol. The maximum Gasteiger partial charge on any atom is 0.0567 e. The van der Waals surface area contributed by atoms with Gasteiger partial charge in [0.1, 0.15) is 0 Å². The summed E-state index contributed by atoms with van der Waals surface area (Å²) in [7, 11) is 0. The van der Waals surface area contributed by atoms with E-state index in [0.717, 1.165) is 31.0 Å². The maximum absolute atomic E-state index is 3.92. The minimum Gasteiger partial charge on any atom is -0.379 e. The lowest BCUT2D eigenvalue weighted by atomic mass is 10.2. The topological polar surface area (TPSA) is 44.0 Å². The molecule has 18 heavy (non-hydrogen) atoms. The van der Waals surface area contributed by atoms with Crippen molar-refractivity contribution in [3.8, 4) is 0 Å². The van der Waals surface area contributed by atoms with Gasteiger partial charge in [-0.15, -0.1) is 0 Å². The van der Waals surface area contributed by atoms with E-state index < -0.39 is 0 Å². The van der Waals surface area contributed by atoms with Crippen LogP contribution in [0, 0.1) is 0 Å². The van der Waals surface area contributed by atoms with Crippen LogP contribution in [0.25, 0.3) is 0 Å². The molecule has 4 heteroatoms. The molecular weight excluding hydrogens is 224 g/mol. The molecule has 0 saturated carbocycles. The Kier molecular flexibility index (Phi) is 4.23. The molecule has 2 aromatic rings. The Bertz CT molecular complexity index is 443. The van der Waals surface area contributed by atoms with E-state index in [4.69, 9.17) is 0 Å². The van der Waals surface area contributed by atoms with Gasteiger partial charge in [-0.05, 0) is 44.2 Å². The Balaban J connectivity index is 1.95. The van der Waals surface area contributed by atoms with Gasteiger partial charge in [-0.2, -0.15) is 5.10 Å². The quantitative estimate of drug-likeness (QED) is 0.821. The standard InChI is InChI=1S/C14H20N4/c1-3-18(4-2)14-7-5-12(6-8-14)15-11-13-9-10-16-17-13/h5-10,15H,3-4,11H2,1-2H3,(H,16,17). The van der Waals surface area contributed by atoms with Crippen LogP contribution >= 0.6 is 0 Å². The summed E-state index contributed by atoms with van der Waals surface area (Å²) in [6, 6.07) is 10.5. The minimum absolute atomic E-state index is 0.768. The van der Waals surface area contributed by atoms with Gasteiger partial charge in [0.2, 0.25) is 0 Å². The molecule has 0 atom stereocenters. The maximum atomic E-state index is 3.92. The largest absolute Gasteiger partial charge is 0.379 e. The summed E-state index contributed by atoms with van der Waals surface area (Å²) in [6.45, 7) is 7.20. The SMILES string of the molecule is CCN(CC)c1ccc(NCc2ccn[nH]2)cc1. The van der Waals surface area contributed by atoms with Gasteiger partial charge in [-0.1, -0.05) is 0 Å². The third-order valence-electron chi connectivity index (χ3n) is 3.04. The van der Waals surface area contributed by atoms with Gasteiger partial charge in [-0.25, -0.2) is 0 Å². The summed E-state index contributed by atoms with van der Waals surface area (Å²) < 4.78 is 0. The Labute approximate surface area is 108 Å². The first-order valence-electron chi connectivity index (χ1n) is 6.40. The van der Waals surface area contributed by atoms with E-state index in [2.05, 4.69) is 58.5 Å². The van der Waals surface area contributed by atoms with Gasteiger partial charge >= 0.3 is 0 Å². The summed E-state index contributed by atoms with van der Waals surface area (Å²) >= 11 is 0. The number of anilines is 2. The average Bonchev–Trinajstić information content (AvgIpc) is 2.92. The highest BCUT2D eigenvalue weighted by Crippen LogP contribution is 2.17. The molecule has 0 radical (unpaired) electrons. The minimum atomic E-state index is 0.768. The summed E-state index contributed by atoms with van der Waals surface area (Å²) in [6.07, 6.45) is 1.76. The van der Waals surface area contributed by atoms with Crippen LogP contribution < -0.4 is 10.2 Å². The lowest BCUT2D eigenvalue weighted by molar-refractivity contribution is 0.866. The molecule has 0 aliphatic carbocycles. The van der Waals surface area contributed by atoms with Crippen molar-refractivity contribution in [3.63, 3.8) is 0 Å². The predicted octanol–water partition coefficient (Wildman–Crippen LogP) is 2.87. The fraction of sp³-hybridized carbons (Fsp3) is 0.357. The van der Waals surface area contributed by atoms with Gasteiger partial charge in [0.05, 0.1) is 12.2 Å². The van der Waals surface area contributed by atoms with E-state index >= 15 is 0 Å². The van der Waals surface area contributed by atoms with Crippen molar-refractivity contribution >= 4 is 11.4 Å². The molecule has 0 aliphatic rings. The monoisotopic (exact) mass is 244 g/mol. The lowest BCUT2D eigenvalue weighted by Gasteiger charge is -2.21. The second-order valence-electron chi connectivity index (χ2n) is 4.15. The first-order chi connectivity index (χ1) is 8.83. The third kappa shape index (κ3) is 3.03. The molecule has 1 aromatic carbocycles. The van der Waals surface area contributed by atoms with Crippen molar-refractivity contribution in [2.24, 2.45) is 0 Å². The van der Waals surface area contributed by atoms with Gasteiger partial charge < -0.3 is 10.2 Å². The van der Waals surface area contributed by atoms with Crippen molar-refractivity contribution in [1.29, 1.82) is 0 Å². The van der Waals surface area contributed by atoms with Crippen LogP contribution in [0.3, 0.4) is 0 Å². The number of hydrogen-bond donors (Lipinski definition) is 2. The molecule has 0 aliphatic heterocycles. The normalized spacial score (nSPS) is 10.3. The molecule has 1 heterocycles. The second kappa shape index (κ2) is 6.10. The third-order valence-corrected chi connectivity index (χ3v) is 3.04. The van der Waals surface area contributed by atoms with Crippen molar-refractivity contribution in [3.05, 3.63) is 42.2 Å². The Morgan fingerprint density at radius 1 is 1.11 bits per heavy atom. The fourth-order valence-corrected chi connectivity index (χ4v) is 1.96. The molecule has 4 nitrogen and oxygen atoms in total. The summed E-state index contributed by atoms with van der Waals surface area (Å²) in [5, 5.41) is 10.2. The zero-order chi connectivity index (χ0) is 12.8. The van der Waals surface area contributed by atoms with Crippen LogP contribution in [-0.4, -0.2) is 23.3 Å². The van der Waals surface area contributed by atoms with Gasteiger partial charge in [0.15, 0.2) is 0 Å². The number of benzene rings is 1. The molecule has 0 spiro atoms. The van der Waals surface area contributed by atoms with Crippen LogP contribution in [0.4, 0.5) is 11.4 Å². The number of aromatic nitrogens is 2. The van der Waals surface area contributed by atoms with Gasteiger partial charge in [0.25, 0.3) is 0 Å². The molecule has 2 N–H and O–H groups in total. The molecule has 0 amide bonds. The molecule has 0 bridgehead atoms. The molecule has 1 aromatic heterocycles. The zero-order valence-corrected chi connectivity index (χ0v) is 11.0. The smallest absolute Gasteiger partial charge is 0.0567 e. The summed E-state index contributed by atoms with van der Waals surface area (Å²) in [4.78, 5) is 2.33. The first kappa shape index (κ1) is 12.5. The first-order valence-corrected chi connectivity index (χ1v) is 6.40. The Morgan fingerprint density at radius 2 is 1.83 bits per heavy atom. The fourth-order valence-electron chi connectivity index (χ4n) is 1.96. The Hall–Kier alpha value is -1.97. The lowest BCUT2D eigenvalue weighted by Crippen LogP contribution is -2.21. The highest BCUT2D eigenvalue weighted by Gasteiger charge is 2.01. The van der Waals surface area contributed by atoms with Crippen molar-refractivity contribution in [2.75, 3.05) is 23.3 Å². The van der Waals surface area contributed by atoms with Crippen LogP contribution in [0.2, 0.25) is 0 Å². The van der Waals surface area contributed by atoms with E-state index in [9.17, 15) is 0 Å². The molecule has 0 unspecified atom stereocenters. The number of rotatable bonds is 6. The molecular formula is C14H20N4. The molecule has 2 rings (SSSR count). The van der Waals surface area contributed by atoms with Gasteiger partial charge in [-0.3, -0.25) is 5.10 Å². The molecule has 0 fully saturated rings. The van der Waals surface area contributed by atoms with Gasteiger partial charge in [0, 0.05) is 30.7 Å². The van der Waals surface area contributed by atoms with Crippen LogP contribution in [-0.2, 0) is 6.54 Å². The van der Waals surface area contributed by atoms with Crippen molar-refractivity contribution in [2.45, 2.75) is 20.4 Å². The van der Waals surface area contributed by atoms with Crippen LogP contribution in [0.1, 0.15) is 19.5 Å². The highest BCUT2D eigenvalue weighted by atomic mass is 15.1. The molecule has 0 saturated heterocycles. The number of nitrogens with zero attached hydrogens (tertiary/aromatic N) is 2. The highest BCUT2D eigenvalue weighted by molar-refractivity contribution is 5.55. The summed E-state index contributed by atoms with van der Waals surface area (Å²) in [5.41, 5.74) is 3.48.